The molecule has 0 fully saturated rings. The van der Waals surface area contributed by atoms with Crippen molar-refractivity contribution in [2.24, 2.45) is 0 Å². The monoisotopic (exact) mass is 444 g/mol. The summed E-state index contributed by atoms with van der Waals surface area (Å²) in [6.07, 6.45) is 4.44. The number of methoxy groups -OCH3 is 1. The highest BCUT2D eigenvalue weighted by Gasteiger charge is 2.19. The first-order valence-electron chi connectivity index (χ1n) is 10.3. The number of nitrogens with zero attached hydrogens (tertiary/aromatic N) is 1. The molecule has 2 aromatic carbocycles. The second-order valence-corrected chi connectivity index (χ2v) is 7.23. The van der Waals surface area contributed by atoms with E-state index in [9.17, 15) is 14.0 Å². The Hall–Kier alpha value is -4.10. The van der Waals surface area contributed by atoms with Gasteiger partial charge in [0.05, 0.1) is 12.2 Å². The molecule has 0 unspecified atom stereocenters. The fourth-order valence-corrected chi connectivity index (χ4v) is 3.47. The zero-order valence-corrected chi connectivity index (χ0v) is 17.9. The van der Waals surface area contributed by atoms with Crippen molar-refractivity contribution >= 4 is 22.8 Å². The van der Waals surface area contributed by atoms with Gasteiger partial charge < -0.3 is 14.5 Å². The fraction of sp³-hybridized carbons (Fsp3) is 0.115. The fourth-order valence-electron chi connectivity index (χ4n) is 3.47. The number of hydrogen-bond donors (Lipinski definition) is 1. The van der Waals surface area contributed by atoms with E-state index >= 15 is 0 Å². The van der Waals surface area contributed by atoms with Crippen LogP contribution in [0, 0.1) is 5.82 Å². The first-order valence-corrected chi connectivity index (χ1v) is 10.3. The predicted molar refractivity (Wildman–Crippen MR) is 125 cm³/mol. The third-order valence-electron chi connectivity index (χ3n) is 5.01. The Kier molecular flexibility index (Phi) is 6.71. The Labute approximate surface area is 189 Å². The maximum Gasteiger partial charge on any atom is 0.260 e. The molecule has 0 aliphatic rings. The number of allylic oxidation sites excluding steroid dienone is 1. The molecule has 0 aliphatic heterocycles. The van der Waals surface area contributed by atoms with Gasteiger partial charge in [-0.05, 0) is 47.5 Å². The van der Waals surface area contributed by atoms with Crippen LogP contribution in [-0.2, 0) is 4.74 Å². The Morgan fingerprint density at radius 3 is 2.64 bits per heavy atom. The summed E-state index contributed by atoms with van der Waals surface area (Å²) < 4.78 is 24.4. The van der Waals surface area contributed by atoms with Gasteiger partial charge in [0.25, 0.3) is 5.56 Å². The molecule has 4 rings (SSSR count). The van der Waals surface area contributed by atoms with E-state index in [4.69, 9.17) is 9.47 Å². The molecule has 0 aliphatic carbocycles. The number of ketones is 1. The summed E-state index contributed by atoms with van der Waals surface area (Å²) in [7, 11) is 1.59. The van der Waals surface area contributed by atoms with Gasteiger partial charge in [0.2, 0.25) is 5.88 Å². The Morgan fingerprint density at radius 2 is 1.91 bits per heavy atom. The zero-order chi connectivity index (χ0) is 23.2. The molecule has 4 aromatic rings. The van der Waals surface area contributed by atoms with Gasteiger partial charge in [-0.25, -0.2) is 9.37 Å². The molecule has 6 nitrogen and oxygen atoms in total. The quantitative estimate of drug-likeness (QED) is 0.243. The summed E-state index contributed by atoms with van der Waals surface area (Å²) in [5.41, 5.74) is 1.56. The highest BCUT2D eigenvalue weighted by Crippen LogP contribution is 2.30. The third kappa shape index (κ3) is 5.05. The zero-order valence-electron chi connectivity index (χ0n) is 17.9. The van der Waals surface area contributed by atoms with Crippen LogP contribution in [0.5, 0.6) is 5.88 Å². The highest BCUT2D eigenvalue weighted by molar-refractivity contribution is 6.15. The summed E-state index contributed by atoms with van der Waals surface area (Å²) in [5.74, 6) is -0.517. The first-order chi connectivity index (χ1) is 16.1. The molecule has 166 valence electrons. The molecular weight excluding hydrogens is 423 g/mol. The molecule has 33 heavy (non-hydrogen) atoms. The molecule has 0 saturated carbocycles. The van der Waals surface area contributed by atoms with Crippen LogP contribution in [0.15, 0.2) is 77.7 Å². The number of H-pyrrole nitrogens is 1. The van der Waals surface area contributed by atoms with E-state index in [1.165, 1.54) is 24.3 Å². The molecule has 7 heteroatoms. The summed E-state index contributed by atoms with van der Waals surface area (Å²) in [5, 5.41) is 0.455. The second-order valence-electron chi connectivity index (χ2n) is 7.23. The molecule has 1 N–H and O–H groups in total. The van der Waals surface area contributed by atoms with Crippen LogP contribution in [0.4, 0.5) is 4.39 Å². The molecule has 2 aromatic heterocycles. The van der Waals surface area contributed by atoms with Crippen LogP contribution in [0.25, 0.3) is 28.1 Å². The predicted octanol–water partition coefficient (Wildman–Crippen LogP) is 4.65. The molecule has 2 heterocycles. The van der Waals surface area contributed by atoms with Crippen molar-refractivity contribution in [3.05, 3.63) is 100 Å². The third-order valence-corrected chi connectivity index (χ3v) is 5.01. The second kappa shape index (κ2) is 10.0. The average Bonchev–Trinajstić information content (AvgIpc) is 2.83. The van der Waals surface area contributed by atoms with Crippen molar-refractivity contribution in [1.82, 2.24) is 9.97 Å². The Balaban J connectivity index is 1.71. The number of ether oxygens (including phenoxy) is 2. The lowest BCUT2D eigenvalue weighted by atomic mass is 9.94. The maximum atomic E-state index is 14.1. The smallest absolute Gasteiger partial charge is 0.260 e. The number of nitrogens with one attached hydrogen (secondary N) is 1. The van der Waals surface area contributed by atoms with Crippen molar-refractivity contribution in [3.63, 3.8) is 0 Å². The number of carbonyl (C=O) groups excluding carboxylic acids is 1. The number of aromatic amines is 1. The van der Waals surface area contributed by atoms with Crippen molar-refractivity contribution in [2.75, 3.05) is 20.3 Å². The number of halogens is 1. The van der Waals surface area contributed by atoms with Crippen LogP contribution < -0.4 is 10.3 Å². The average molecular weight is 444 g/mol. The van der Waals surface area contributed by atoms with E-state index in [0.29, 0.717) is 46.7 Å². The van der Waals surface area contributed by atoms with Gasteiger partial charge in [-0.15, -0.1) is 0 Å². The topological polar surface area (TPSA) is 81.3 Å². The van der Waals surface area contributed by atoms with Gasteiger partial charge in [-0.1, -0.05) is 30.3 Å². The van der Waals surface area contributed by atoms with E-state index in [2.05, 4.69) is 9.97 Å². The van der Waals surface area contributed by atoms with E-state index in [1.807, 2.05) is 6.07 Å². The Morgan fingerprint density at radius 1 is 1.09 bits per heavy atom. The summed E-state index contributed by atoms with van der Waals surface area (Å²) in [4.78, 5) is 32.9. The standard InChI is InChI=1S/C26H21FN2O4/c1-32-13-14-33-23-12-8-17(16-28-23)7-11-22(30)25-24(18-5-3-2-4-6-18)20-15-19(27)9-10-21(20)29-26(25)31/h2-12,15-16H,13-14H2,1H3,(H,29,31)/b11-7+. The summed E-state index contributed by atoms with van der Waals surface area (Å²) in [6, 6.07) is 16.5. The number of fused-ring (bicyclic) bond motifs is 1. The van der Waals surface area contributed by atoms with Crippen LogP contribution in [0.3, 0.4) is 0 Å². The maximum absolute atomic E-state index is 14.1. The number of rotatable bonds is 8. The van der Waals surface area contributed by atoms with Gasteiger partial charge >= 0.3 is 0 Å². The largest absolute Gasteiger partial charge is 0.475 e. The van der Waals surface area contributed by atoms with Crippen LogP contribution in [0.1, 0.15) is 15.9 Å². The number of hydrogen-bond acceptors (Lipinski definition) is 5. The van der Waals surface area contributed by atoms with Gasteiger partial charge in [-0.2, -0.15) is 0 Å². The lowest BCUT2D eigenvalue weighted by molar-refractivity contribution is 0.104. The van der Waals surface area contributed by atoms with E-state index in [1.54, 1.807) is 55.8 Å². The van der Waals surface area contributed by atoms with Crippen LogP contribution in [0.2, 0.25) is 0 Å². The lowest BCUT2D eigenvalue weighted by Gasteiger charge is -2.11. The minimum absolute atomic E-state index is 0.0528. The minimum Gasteiger partial charge on any atom is -0.475 e. The van der Waals surface area contributed by atoms with Crippen LogP contribution in [-0.4, -0.2) is 36.1 Å². The molecule has 0 saturated heterocycles. The van der Waals surface area contributed by atoms with Gasteiger partial charge in [-0.3, -0.25) is 9.59 Å². The van der Waals surface area contributed by atoms with Gasteiger partial charge in [0.15, 0.2) is 5.78 Å². The van der Waals surface area contributed by atoms with E-state index in [0.717, 1.165) is 0 Å². The van der Waals surface area contributed by atoms with Gasteiger partial charge in [0.1, 0.15) is 12.4 Å². The highest BCUT2D eigenvalue weighted by atomic mass is 19.1. The first kappa shape index (κ1) is 22.1. The number of aromatic nitrogens is 2. The normalized spacial score (nSPS) is 11.2. The lowest BCUT2D eigenvalue weighted by Crippen LogP contribution is -2.18. The molecule has 0 atom stereocenters. The number of carbonyl (C=O) groups is 1. The molecule has 0 bridgehead atoms. The van der Waals surface area contributed by atoms with Crippen molar-refractivity contribution in [2.45, 2.75) is 0 Å². The van der Waals surface area contributed by atoms with E-state index < -0.39 is 17.2 Å². The summed E-state index contributed by atoms with van der Waals surface area (Å²) >= 11 is 0. The molecule has 0 radical (unpaired) electrons. The molecular formula is C26H21FN2O4. The number of benzene rings is 2. The minimum atomic E-state index is -0.539. The summed E-state index contributed by atoms with van der Waals surface area (Å²) in [6.45, 7) is 0.830. The molecule has 0 spiro atoms. The number of pyridine rings is 2. The van der Waals surface area contributed by atoms with Crippen molar-refractivity contribution in [1.29, 1.82) is 0 Å². The van der Waals surface area contributed by atoms with Gasteiger partial charge in [0, 0.05) is 35.8 Å². The van der Waals surface area contributed by atoms with Crippen molar-refractivity contribution in [3.8, 4) is 17.0 Å². The van der Waals surface area contributed by atoms with Crippen molar-refractivity contribution < 1.29 is 18.7 Å². The van der Waals surface area contributed by atoms with E-state index in [-0.39, 0.29) is 5.56 Å². The SMILES string of the molecule is COCCOc1ccc(/C=C/C(=O)c2c(-c3ccccc3)c3cc(F)ccc3[nH]c2=O)cn1. The molecule has 0 amide bonds. The Bertz CT molecular complexity index is 1360. The van der Waals surface area contributed by atoms with Crippen LogP contribution >= 0.6 is 0 Å².